The van der Waals surface area contributed by atoms with E-state index in [2.05, 4.69) is 26.8 Å². The second-order valence-corrected chi connectivity index (χ2v) is 9.00. The number of nitrogens with zero attached hydrogens (tertiary/aromatic N) is 2. The molecule has 1 atom stereocenters. The summed E-state index contributed by atoms with van der Waals surface area (Å²) in [7, 11) is 1.60. The summed E-state index contributed by atoms with van der Waals surface area (Å²) in [5.74, 6) is 0.609. The zero-order valence-electron chi connectivity index (χ0n) is 19.4. The first kappa shape index (κ1) is 23.1. The molecule has 0 aliphatic carbocycles. The number of hydrogen-bond acceptors (Lipinski definition) is 7. The van der Waals surface area contributed by atoms with Crippen LogP contribution in [0.4, 0.5) is 4.79 Å². The predicted molar refractivity (Wildman–Crippen MR) is 125 cm³/mol. The number of hydrogen-bond donors (Lipinski definition) is 5. The predicted octanol–water partition coefficient (Wildman–Crippen LogP) is 0.835. The molecule has 3 heterocycles. The summed E-state index contributed by atoms with van der Waals surface area (Å²) >= 11 is 0. The van der Waals surface area contributed by atoms with Crippen LogP contribution < -0.4 is 26.8 Å². The number of likely N-dealkylation sites (tertiary alicyclic amines) is 1. The lowest BCUT2D eigenvalue weighted by Gasteiger charge is -2.33. The summed E-state index contributed by atoms with van der Waals surface area (Å²) in [4.78, 5) is 31.4. The Morgan fingerprint density at radius 1 is 1.27 bits per heavy atom. The van der Waals surface area contributed by atoms with Crippen LogP contribution in [0.2, 0.25) is 0 Å². The molecule has 178 valence electrons. The lowest BCUT2D eigenvalue weighted by molar-refractivity contribution is 0.0822. The van der Waals surface area contributed by atoms with Gasteiger partial charge in [0.15, 0.2) is 5.96 Å². The van der Waals surface area contributed by atoms with Gasteiger partial charge >= 0.3 is 6.03 Å². The molecular formula is C23H33N7O3. The molecule has 3 aliphatic rings. The van der Waals surface area contributed by atoms with Gasteiger partial charge in [-0.15, -0.1) is 0 Å². The Hall–Kier alpha value is -3.11. The van der Waals surface area contributed by atoms with Crippen LogP contribution in [0.1, 0.15) is 42.6 Å². The van der Waals surface area contributed by atoms with Gasteiger partial charge in [-0.3, -0.25) is 10.2 Å². The van der Waals surface area contributed by atoms with Crippen LogP contribution in [0, 0.1) is 0 Å². The van der Waals surface area contributed by atoms with Crippen molar-refractivity contribution < 1.29 is 14.3 Å². The van der Waals surface area contributed by atoms with E-state index in [-0.39, 0.29) is 18.0 Å². The minimum Gasteiger partial charge on any atom is -0.381 e. The third kappa shape index (κ3) is 5.12. The highest BCUT2D eigenvalue weighted by Gasteiger charge is 2.47. The molecule has 3 amide bonds. The van der Waals surface area contributed by atoms with Crippen LogP contribution in [-0.4, -0.2) is 67.2 Å². The number of hydrazine groups is 1. The molecule has 33 heavy (non-hydrogen) atoms. The summed E-state index contributed by atoms with van der Waals surface area (Å²) in [5, 5.41) is 9.34. The lowest BCUT2D eigenvalue weighted by atomic mass is 9.93. The van der Waals surface area contributed by atoms with Crippen molar-refractivity contribution in [3.05, 3.63) is 47.2 Å². The number of carbonyl (C=O) groups excluding carboxylic acids is 2. The Labute approximate surface area is 194 Å². The number of rotatable bonds is 5. The zero-order chi connectivity index (χ0) is 23.4. The van der Waals surface area contributed by atoms with Crippen molar-refractivity contribution in [2.75, 3.05) is 26.8 Å². The van der Waals surface area contributed by atoms with Gasteiger partial charge in [0.05, 0.1) is 11.6 Å². The number of fused-ring (bicyclic) bond motifs is 1. The number of nitrogens with one attached hydrogen (secondary N) is 5. The van der Waals surface area contributed by atoms with Crippen molar-refractivity contribution in [2.24, 2.45) is 4.99 Å². The molecule has 2 fully saturated rings. The number of carbonyl (C=O) groups is 2. The number of aliphatic imine (C=N–C) groups is 1. The molecule has 10 nitrogen and oxygen atoms in total. The maximum atomic E-state index is 13.0. The van der Waals surface area contributed by atoms with Crippen LogP contribution in [0.15, 0.2) is 41.0 Å². The van der Waals surface area contributed by atoms with Crippen molar-refractivity contribution in [3.8, 4) is 0 Å². The van der Waals surface area contributed by atoms with Crippen LogP contribution in [0.5, 0.6) is 0 Å². The van der Waals surface area contributed by atoms with Crippen molar-refractivity contribution in [1.29, 1.82) is 0 Å². The fourth-order valence-electron chi connectivity index (χ4n) is 4.49. The molecule has 10 heteroatoms. The minimum atomic E-state index is -0.476. The fourth-order valence-corrected chi connectivity index (χ4v) is 4.49. The monoisotopic (exact) mass is 455 g/mol. The number of urea groups is 1. The number of benzene rings is 1. The molecular weight excluding hydrogens is 422 g/mol. The first-order chi connectivity index (χ1) is 15.9. The molecule has 1 unspecified atom stereocenters. The van der Waals surface area contributed by atoms with E-state index in [1.165, 1.54) is 0 Å². The van der Waals surface area contributed by atoms with E-state index >= 15 is 0 Å². The van der Waals surface area contributed by atoms with Gasteiger partial charge in [-0.2, -0.15) is 0 Å². The average molecular weight is 456 g/mol. The van der Waals surface area contributed by atoms with Crippen molar-refractivity contribution in [3.63, 3.8) is 0 Å². The van der Waals surface area contributed by atoms with Crippen molar-refractivity contribution in [1.82, 2.24) is 31.7 Å². The smallest absolute Gasteiger partial charge is 0.332 e. The second kappa shape index (κ2) is 9.80. The Bertz CT molecular complexity index is 953. The van der Waals surface area contributed by atoms with Gasteiger partial charge in [-0.25, -0.2) is 15.2 Å². The topological polar surface area (TPSA) is 119 Å². The summed E-state index contributed by atoms with van der Waals surface area (Å²) in [5.41, 5.74) is 7.84. The van der Waals surface area contributed by atoms with Gasteiger partial charge in [0.2, 0.25) is 0 Å². The first-order valence-electron chi connectivity index (χ1n) is 11.4. The number of guanidine groups is 1. The maximum absolute atomic E-state index is 13.0. The fraction of sp³-hybridized carbons (Fsp3) is 0.522. The van der Waals surface area contributed by atoms with Crippen LogP contribution in [0.3, 0.4) is 0 Å². The Kier molecular flexibility index (Phi) is 6.85. The number of amides is 3. The quantitative estimate of drug-likeness (QED) is 0.420. The molecule has 0 spiro atoms. The van der Waals surface area contributed by atoms with Crippen LogP contribution in [-0.2, 0) is 11.3 Å². The van der Waals surface area contributed by atoms with E-state index in [9.17, 15) is 9.59 Å². The molecule has 0 saturated carbocycles. The van der Waals surface area contributed by atoms with Gasteiger partial charge in [-0.1, -0.05) is 12.1 Å². The van der Waals surface area contributed by atoms with E-state index < -0.39 is 5.54 Å². The zero-order valence-corrected chi connectivity index (χ0v) is 19.4. The van der Waals surface area contributed by atoms with E-state index in [0.717, 1.165) is 43.2 Å². The first-order valence-corrected chi connectivity index (χ1v) is 11.4. The number of ether oxygens (including phenoxy) is 1. The largest absolute Gasteiger partial charge is 0.381 e. The molecule has 2 saturated heterocycles. The molecule has 1 aromatic rings. The van der Waals surface area contributed by atoms with Gasteiger partial charge in [0, 0.05) is 51.2 Å². The summed E-state index contributed by atoms with van der Waals surface area (Å²) < 4.78 is 5.42. The highest BCUT2D eigenvalue weighted by Crippen LogP contribution is 2.36. The van der Waals surface area contributed by atoms with Gasteiger partial charge in [0.25, 0.3) is 5.91 Å². The maximum Gasteiger partial charge on any atom is 0.332 e. The molecule has 1 aromatic carbocycles. The van der Waals surface area contributed by atoms with Crippen LogP contribution in [0.25, 0.3) is 0 Å². The highest BCUT2D eigenvalue weighted by molar-refractivity contribution is 5.94. The standard InChI is InChI=1S/C23H33N7O3/c1-23(2)18-13-25-21(27-17-7-9-33-10-8-17)28-19(18)14-30(23)22(32)29-26-12-15-5-4-6-16(11-15)20(31)24-3/h4-6,11,13,17,19,26H,7-10,12,14H2,1-3H3,(H,24,31)(H,29,32)(H2,25,27,28). The third-order valence-electron chi connectivity index (χ3n) is 6.46. The van der Waals surface area contributed by atoms with Gasteiger partial charge < -0.3 is 25.6 Å². The lowest BCUT2D eigenvalue weighted by Crippen LogP contribution is -2.52. The van der Waals surface area contributed by atoms with Crippen molar-refractivity contribution in [2.45, 2.75) is 50.9 Å². The Balaban J connectivity index is 1.33. The normalized spacial score (nSPS) is 21.9. The van der Waals surface area contributed by atoms with E-state index in [0.29, 0.717) is 24.7 Å². The summed E-state index contributed by atoms with van der Waals surface area (Å²) in [6.07, 6.45) is 3.89. The van der Waals surface area contributed by atoms with E-state index in [4.69, 9.17) is 9.73 Å². The SMILES string of the molecule is CNC(=O)c1cccc(CNNC(=O)N2CC3N=C(NC4CCOCC4)NC=C3C2(C)C)c1. The minimum absolute atomic E-state index is 0.0846. The Morgan fingerprint density at radius 3 is 2.82 bits per heavy atom. The van der Waals surface area contributed by atoms with Crippen molar-refractivity contribution >= 4 is 17.9 Å². The highest BCUT2D eigenvalue weighted by atomic mass is 16.5. The van der Waals surface area contributed by atoms with E-state index in [1.807, 2.05) is 32.2 Å². The average Bonchev–Trinajstić information content (AvgIpc) is 3.09. The van der Waals surface area contributed by atoms with Crippen LogP contribution >= 0.6 is 0 Å². The molecule has 0 aromatic heterocycles. The molecule has 5 N–H and O–H groups in total. The molecule has 3 aliphatic heterocycles. The molecule has 0 bridgehead atoms. The molecule has 4 rings (SSSR count). The van der Waals surface area contributed by atoms with Gasteiger partial charge in [0.1, 0.15) is 0 Å². The molecule has 0 radical (unpaired) electrons. The van der Waals surface area contributed by atoms with Gasteiger partial charge in [-0.05, 0) is 50.0 Å². The third-order valence-corrected chi connectivity index (χ3v) is 6.46. The summed E-state index contributed by atoms with van der Waals surface area (Å²) in [6.45, 7) is 6.48. The summed E-state index contributed by atoms with van der Waals surface area (Å²) in [6, 6.07) is 7.32. The van der Waals surface area contributed by atoms with E-state index in [1.54, 1.807) is 24.1 Å². The second-order valence-electron chi connectivity index (χ2n) is 9.00. The Morgan fingerprint density at radius 2 is 2.06 bits per heavy atom.